The van der Waals surface area contributed by atoms with Gasteiger partial charge in [0.25, 0.3) is 0 Å². The number of pyridine rings is 1. The number of aromatic amines is 1. The van der Waals surface area contributed by atoms with Crippen molar-refractivity contribution in [2.75, 3.05) is 6.61 Å². The molecule has 2 heterocycles. The molecule has 1 unspecified atom stereocenters. The van der Waals surface area contributed by atoms with Crippen LogP contribution in [0.5, 0.6) is 0 Å². The number of H-pyrrole nitrogens is 1. The Balaban J connectivity index is 2.23. The van der Waals surface area contributed by atoms with E-state index in [1.54, 1.807) is 6.92 Å². The summed E-state index contributed by atoms with van der Waals surface area (Å²) in [6.07, 6.45) is 2.61. The third-order valence-electron chi connectivity index (χ3n) is 2.42. The number of hydrogen-bond donors (Lipinski definition) is 3. The van der Waals surface area contributed by atoms with Crippen molar-refractivity contribution < 1.29 is 13.5 Å². The molecule has 3 N–H and O–H groups in total. The number of tetrazole rings is 1. The fourth-order valence-electron chi connectivity index (χ4n) is 1.48. The molecule has 9 nitrogen and oxygen atoms in total. The van der Waals surface area contributed by atoms with E-state index in [4.69, 9.17) is 5.11 Å². The van der Waals surface area contributed by atoms with E-state index in [1.807, 2.05) is 0 Å². The van der Waals surface area contributed by atoms with Gasteiger partial charge in [0.05, 0.1) is 6.04 Å². The lowest BCUT2D eigenvalue weighted by Crippen LogP contribution is -2.27. The Hall–Kier alpha value is -2.35. The van der Waals surface area contributed by atoms with E-state index in [2.05, 4.69) is 42.2 Å². The summed E-state index contributed by atoms with van der Waals surface area (Å²) < 4.78 is 26.9. The summed E-state index contributed by atoms with van der Waals surface area (Å²) in [7, 11) is -3.80. The monoisotopic (exact) mass is 308 g/mol. The minimum atomic E-state index is -3.80. The highest BCUT2D eigenvalue weighted by Gasteiger charge is 2.21. The van der Waals surface area contributed by atoms with Gasteiger partial charge in [0, 0.05) is 18.0 Å². The first kappa shape index (κ1) is 15.0. The number of sulfonamides is 1. The van der Waals surface area contributed by atoms with Crippen molar-refractivity contribution in [3.63, 3.8) is 0 Å². The van der Waals surface area contributed by atoms with Crippen LogP contribution in [0.2, 0.25) is 0 Å². The van der Waals surface area contributed by atoms with Crippen molar-refractivity contribution in [1.29, 1.82) is 0 Å². The zero-order valence-corrected chi connectivity index (χ0v) is 11.8. The first-order valence-electron chi connectivity index (χ1n) is 5.83. The van der Waals surface area contributed by atoms with Gasteiger partial charge in [-0.3, -0.25) is 4.98 Å². The highest BCUT2D eigenvalue weighted by atomic mass is 32.2. The Bertz CT molecular complexity index is 763. The van der Waals surface area contributed by atoms with Gasteiger partial charge in [0.2, 0.25) is 10.0 Å². The zero-order chi connectivity index (χ0) is 15.3. The Morgan fingerprint density at radius 3 is 2.95 bits per heavy atom. The Morgan fingerprint density at radius 1 is 1.48 bits per heavy atom. The van der Waals surface area contributed by atoms with Gasteiger partial charge in [0.1, 0.15) is 11.5 Å². The molecule has 0 aliphatic heterocycles. The van der Waals surface area contributed by atoms with Gasteiger partial charge in [-0.1, -0.05) is 17.1 Å². The molecular formula is C11H12N6O3S. The smallest absolute Gasteiger partial charge is 0.242 e. The highest BCUT2D eigenvalue weighted by molar-refractivity contribution is 7.89. The lowest BCUT2D eigenvalue weighted by Gasteiger charge is -2.10. The van der Waals surface area contributed by atoms with Gasteiger partial charge in [-0.15, -0.1) is 10.2 Å². The second-order valence-electron chi connectivity index (χ2n) is 3.98. The van der Waals surface area contributed by atoms with E-state index in [9.17, 15) is 8.42 Å². The van der Waals surface area contributed by atoms with Crippen molar-refractivity contribution in [3.8, 4) is 11.8 Å². The summed E-state index contributed by atoms with van der Waals surface area (Å²) in [6, 6.07) is 0.710. The first-order valence-corrected chi connectivity index (χ1v) is 7.31. The molecule has 110 valence electrons. The van der Waals surface area contributed by atoms with E-state index in [-0.39, 0.29) is 17.3 Å². The second kappa shape index (κ2) is 6.40. The molecule has 2 aromatic heterocycles. The Morgan fingerprint density at radius 2 is 2.29 bits per heavy atom. The molecule has 0 saturated carbocycles. The second-order valence-corrected chi connectivity index (χ2v) is 5.70. The summed E-state index contributed by atoms with van der Waals surface area (Å²) in [6.45, 7) is 1.27. The van der Waals surface area contributed by atoms with Crippen LogP contribution in [0.4, 0.5) is 0 Å². The normalized spacial score (nSPS) is 12.5. The number of rotatable bonds is 4. The number of nitrogens with one attached hydrogen (secondary N) is 2. The molecule has 0 aliphatic carbocycles. The average molecular weight is 308 g/mol. The van der Waals surface area contributed by atoms with E-state index in [0.29, 0.717) is 5.56 Å². The first-order chi connectivity index (χ1) is 10.0. The van der Waals surface area contributed by atoms with Crippen LogP contribution < -0.4 is 4.72 Å². The molecule has 0 amide bonds. The van der Waals surface area contributed by atoms with Crippen LogP contribution in [0.1, 0.15) is 24.4 Å². The largest absolute Gasteiger partial charge is 0.384 e. The van der Waals surface area contributed by atoms with Gasteiger partial charge in [-0.2, -0.15) is 5.21 Å². The molecule has 1 atom stereocenters. The molecule has 0 fully saturated rings. The van der Waals surface area contributed by atoms with Crippen LogP contribution in [0.15, 0.2) is 23.4 Å². The van der Waals surface area contributed by atoms with Crippen LogP contribution >= 0.6 is 0 Å². The van der Waals surface area contributed by atoms with Crippen molar-refractivity contribution in [2.24, 2.45) is 0 Å². The van der Waals surface area contributed by atoms with E-state index in [1.165, 1.54) is 18.5 Å². The van der Waals surface area contributed by atoms with Crippen molar-refractivity contribution >= 4 is 10.0 Å². The molecule has 0 saturated heterocycles. The lowest BCUT2D eigenvalue weighted by molar-refractivity contribution is 0.350. The van der Waals surface area contributed by atoms with Gasteiger partial charge < -0.3 is 5.11 Å². The quantitative estimate of drug-likeness (QED) is 0.615. The fraction of sp³-hybridized carbons (Fsp3) is 0.273. The summed E-state index contributed by atoms with van der Waals surface area (Å²) in [5.74, 6) is 5.24. The van der Waals surface area contributed by atoms with Crippen LogP contribution in [0, 0.1) is 11.8 Å². The maximum absolute atomic E-state index is 12.2. The van der Waals surface area contributed by atoms with Crippen molar-refractivity contribution in [1.82, 2.24) is 30.3 Å². The van der Waals surface area contributed by atoms with Crippen molar-refractivity contribution in [3.05, 3.63) is 29.8 Å². The summed E-state index contributed by atoms with van der Waals surface area (Å²) >= 11 is 0. The maximum Gasteiger partial charge on any atom is 0.242 e. The van der Waals surface area contributed by atoms with E-state index in [0.717, 1.165) is 0 Å². The van der Waals surface area contributed by atoms with Gasteiger partial charge in [-0.25, -0.2) is 13.1 Å². The summed E-state index contributed by atoms with van der Waals surface area (Å²) in [5.41, 5.74) is 0.388. The predicted molar refractivity (Wildman–Crippen MR) is 71.1 cm³/mol. The molecular weight excluding hydrogens is 296 g/mol. The van der Waals surface area contributed by atoms with E-state index < -0.39 is 16.1 Å². The molecule has 0 aromatic carbocycles. The van der Waals surface area contributed by atoms with Crippen molar-refractivity contribution in [2.45, 2.75) is 17.9 Å². The minimum absolute atomic E-state index is 0.0393. The SMILES string of the molecule is CC(NS(=O)(=O)c1cncc(C#CCO)c1)c1nn[nH]n1. The predicted octanol–water partition coefficient (Wildman–Crippen LogP) is -1.02. The molecule has 2 rings (SSSR count). The number of hydrogen-bond acceptors (Lipinski definition) is 7. The minimum Gasteiger partial charge on any atom is -0.384 e. The number of aliphatic hydroxyl groups is 1. The van der Waals surface area contributed by atoms with Gasteiger partial charge in [-0.05, 0) is 13.0 Å². The lowest BCUT2D eigenvalue weighted by atomic mass is 10.3. The number of aliphatic hydroxyl groups excluding tert-OH is 1. The summed E-state index contributed by atoms with van der Waals surface area (Å²) in [4.78, 5) is 3.78. The molecule has 0 aliphatic rings. The van der Waals surface area contributed by atoms with Gasteiger partial charge >= 0.3 is 0 Å². The summed E-state index contributed by atoms with van der Waals surface area (Å²) in [5, 5.41) is 21.7. The van der Waals surface area contributed by atoms with Crippen LogP contribution in [-0.4, -0.2) is 45.7 Å². The molecule has 21 heavy (non-hydrogen) atoms. The topological polar surface area (TPSA) is 134 Å². The van der Waals surface area contributed by atoms with Gasteiger partial charge in [0.15, 0.2) is 5.82 Å². The molecule has 0 radical (unpaired) electrons. The molecule has 0 bridgehead atoms. The van der Waals surface area contributed by atoms with E-state index >= 15 is 0 Å². The number of nitrogens with zero attached hydrogens (tertiary/aromatic N) is 4. The van der Waals surface area contributed by atoms with Crippen LogP contribution in [-0.2, 0) is 10.0 Å². The highest BCUT2D eigenvalue weighted by Crippen LogP contribution is 2.13. The Labute approximate surface area is 120 Å². The van der Waals surface area contributed by atoms with Crippen LogP contribution in [0.3, 0.4) is 0 Å². The Kier molecular flexibility index (Phi) is 4.59. The third-order valence-corrected chi connectivity index (χ3v) is 3.92. The molecule has 10 heteroatoms. The third kappa shape index (κ3) is 3.82. The molecule has 2 aromatic rings. The van der Waals surface area contributed by atoms with Crippen LogP contribution in [0.25, 0.3) is 0 Å². The average Bonchev–Trinajstić information content (AvgIpc) is 2.99. The fourth-order valence-corrected chi connectivity index (χ4v) is 2.67. The maximum atomic E-state index is 12.2. The zero-order valence-electron chi connectivity index (χ0n) is 11.0. The number of aromatic nitrogens is 5. The molecule has 0 spiro atoms. The standard InChI is InChI=1S/C11H12N6O3S/c1-8(11-13-16-17-14-11)15-21(19,20)10-5-9(3-2-4-18)6-12-7-10/h5-8,15,18H,4H2,1H3,(H,13,14,16,17).